The molecule has 0 bridgehead atoms. The van der Waals surface area contributed by atoms with Gasteiger partial charge in [-0.3, -0.25) is 4.79 Å². The zero-order valence-electron chi connectivity index (χ0n) is 17.9. The van der Waals surface area contributed by atoms with Crippen LogP contribution in [0.15, 0.2) is 53.6 Å². The summed E-state index contributed by atoms with van der Waals surface area (Å²) in [7, 11) is 1.28. The molecule has 0 aliphatic carbocycles. The van der Waals surface area contributed by atoms with Gasteiger partial charge in [0.25, 0.3) is 0 Å². The standard InChI is InChI=1S/C22H25N3O7S/c1-30-18(27)10-25-9-15(23-24-25)12-31-21-19(28)17(11-26)32-22(20(21)29)33-16-7-6-13-4-2-3-5-14(13)8-16/h2-9,17,19-22,26,28-29H,10-12H2,1H3/t17-,19+,20-,21+,22+/m1/s1. The first-order chi connectivity index (χ1) is 16.0. The zero-order valence-corrected chi connectivity index (χ0v) is 18.7. The third kappa shape index (κ3) is 5.52. The quantitative estimate of drug-likeness (QED) is 0.400. The first-order valence-corrected chi connectivity index (χ1v) is 11.2. The molecule has 2 heterocycles. The van der Waals surface area contributed by atoms with Crippen LogP contribution < -0.4 is 0 Å². The van der Waals surface area contributed by atoms with E-state index < -0.39 is 42.4 Å². The first-order valence-electron chi connectivity index (χ1n) is 10.3. The van der Waals surface area contributed by atoms with E-state index in [1.165, 1.54) is 29.8 Å². The molecule has 1 fully saturated rings. The maximum absolute atomic E-state index is 11.4. The zero-order chi connectivity index (χ0) is 23.4. The lowest BCUT2D eigenvalue weighted by Crippen LogP contribution is -2.58. The molecular weight excluding hydrogens is 450 g/mol. The fraction of sp³-hybridized carbons (Fsp3) is 0.409. The number of thioether (sulfide) groups is 1. The Hall–Kier alpha value is -2.54. The molecule has 10 nitrogen and oxygen atoms in total. The fourth-order valence-corrected chi connectivity index (χ4v) is 4.69. The predicted molar refractivity (Wildman–Crippen MR) is 118 cm³/mol. The highest BCUT2D eigenvalue weighted by atomic mass is 32.2. The molecule has 0 unspecified atom stereocenters. The van der Waals surface area contributed by atoms with Crippen LogP contribution in [0, 0.1) is 0 Å². The number of nitrogens with zero attached hydrogens (tertiary/aromatic N) is 3. The van der Waals surface area contributed by atoms with Crippen LogP contribution in [0.4, 0.5) is 0 Å². The smallest absolute Gasteiger partial charge is 0.327 e. The summed E-state index contributed by atoms with van der Waals surface area (Å²) >= 11 is 1.29. The van der Waals surface area contributed by atoms with Gasteiger partial charge in [-0.05, 0) is 22.9 Å². The van der Waals surface area contributed by atoms with Crippen molar-refractivity contribution in [2.45, 2.75) is 47.9 Å². The van der Waals surface area contributed by atoms with Crippen molar-refractivity contribution in [1.29, 1.82) is 0 Å². The number of esters is 1. The highest BCUT2D eigenvalue weighted by Gasteiger charge is 2.45. The van der Waals surface area contributed by atoms with Crippen molar-refractivity contribution in [2.24, 2.45) is 0 Å². The molecule has 176 valence electrons. The van der Waals surface area contributed by atoms with E-state index in [1.54, 1.807) is 0 Å². The number of aliphatic hydroxyl groups is 3. The predicted octanol–water partition coefficient (Wildman–Crippen LogP) is 0.721. The van der Waals surface area contributed by atoms with Crippen LogP contribution in [0.2, 0.25) is 0 Å². The van der Waals surface area contributed by atoms with Crippen LogP contribution in [-0.2, 0) is 32.2 Å². The highest BCUT2D eigenvalue weighted by Crippen LogP contribution is 2.35. The SMILES string of the molecule is COC(=O)Cn1cc(CO[C@H]2[C@@H](O)[C@@H](CO)O[C@@H](Sc3ccc4ccccc4c3)[C@@H]2O)nn1. The van der Waals surface area contributed by atoms with Gasteiger partial charge in [-0.2, -0.15) is 0 Å². The van der Waals surface area contributed by atoms with E-state index in [-0.39, 0.29) is 13.2 Å². The van der Waals surface area contributed by atoms with E-state index in [0.717, 1.165) is 15.7 Å². The van der Waals surface area contributed by atoms with Crippen LogP contribution >= 0.6 is 11.8 Å². The Morgan fingerprint density at radius 1 is 1.18 bits per heavy atom. The molecule has 4 rings (SSSR count). The Kier molecular flexibility index (Phi) is 7.58. The minimum absolute atomic E-state index is 0.0640. The molecule has 0 amide bonds. The van der Waals surface area contributed by atoms with Gasteiger partial charge in [0.15, 0.2) is 0 Å². The average molecular weight is 476 g/mol. The third-order valence-corrected chi connectivity index (χ3v) is 6.47. The molecule has 0 saturated carbocycles. The number of aliphatic hydroxyl groups excluding tert-OH is 3. The van der Waals surface area contributed by atoms with Crippen LogP contribution in [0.1, 0.15) is 5.69 Å². The van der Waals surface area contributed by atoms with E-state index in [0.29, 0.717) is 5.69 Å². The number of hydrogen-bond acceptors (Lipinski definition) is 10. The summed E-state index contributed by atoms with van der Waals surface area (Å²) in [5.41, 5.74) is -0.365. The van der Waals surface area contributed by atoms with Gasteiger partial charge in [0, 0.05) is 4.90 Å². The number of aromatic nitrogens is 3. The molecule has 2 aromatic carbocycles. The van der Waals surface area contributed by atoms with Crippen molar-refractivity contribution >= 4 is 28.5 Å². The van der Waals surface area contributed by atoms with Crippen LogP contribution in [0.25, 0.3) is 10.8 Å². The number of rotatable bonds is 8. The Morgan fingerprint density at radius 3 is 2.73 bits per heavy atom. The van der Waals surface area contributed by atoms with Gasteiger partial charge < -0.3 is 29.5 Å². The summed E-state index contributed by atoms with van der Waals surface area (Å²) in [6, 6.07) is 13.8. The summed E-state index contributed by atoms with van der Waals surface area (Å²) in [6.07, 6.45) is -2.86. The Bertz CT molecular complexity index is 1090. The van der Waals surface area contributed by atoms with Crippen LogP contribution in [0.5, 0.6) is 0 Å². The summed E-state index contributed by atoms with van der Waals surface area (Å²) in [5.74, 6) is -0.470. The Morgan fingerprint density at radius 2 is 1.97 bits per heavy atom. The fourth-order valence-electron chi connectivity index (χ4n) is 3.58. The van der Waals surface area contributed by atoms with E-state index in [4.69, 9.17) is 9.47 Å². The lowest BCUT2D eigenvalue weighted by molar-refractivity contribution is -0.223. The number of ether oxygens (including phenoxy) is 3. The first kappa shape index (κ1) is 23.6. The van der Waals surface area contributed by atoms with Gasteiger partial charge in [-0.15, -0.1) is 5.10 Å². The number of benzene rings is 2. The minimum atomic E-state index is -1.25. The van der Waals surface area contributed by atoms with E-state index in [1.807, 2.05) is 42.5 Å². The molecule has 1 aromatic heterocycles. The molecule has 33 heavy (non-hydrogen) atoms. The van der Waals surface area contributed by atoms with E-state index in [9.17, 15) is 20.1 Å². The van der Waals surface area contributed by atoms with Crippen molar-refractivity contribution in [2.75, 3.05) is 13.7 Å². The molecule has 1 saturated heterocycles. The summed E-state index contributed by atoms with van der Waals surface area (Å²) < 4.78 is 17.4. The summed E-state index contributed by atoms with van der Waals surface area (Å²) in [6.45, 7) is -0.591. The van der Waals surface area contributed by atoms with Crippen molar-refractivity contribution in [3.8, 4) is 0 Å². The normalized spacial score (nSPS) is 25.3. The lowest BCUT2D eigenvalue weighted by Gasteiger charge is -2.41. The third-order valence-electron chi connectivity index (χ3n) is 5.32. The molecule has 0 radical (unpaired) electrons. The van der Waals surface area contributed by atoms with Crippen molar-refractivity contribution in [1.82, 2.24) is 15.0 Å². The van der Waals surface area contributed by atoms with E-state index in [2.05, 4.69) is 15.0 Å². The number of fused-ring (bicyclic) bond motifs is 1. The molecular formula is C22H25N3O7S. The van der Waals surface area contributed by atoms with Crippen molar-refractivity contribution in [3.63, 3.8) is 0 Å². The summed E-state index contributed by atoms with van der Waals surface area (Å²) in [4.78, 5) is 12.2. The average Bonchev–Trinajstić information content (AvgIpc) is 3.27. The van der Waals surface area contributed by atoms with Gasteiger partial charge in [-0.25, -0.2) is 4.68 Å². The second-order valence-corrected chi connectivity index (χ2v) is 8.76. The van der Waals surface area contributed by atoms with Gasteiger partial charge in [-0.1, -0.05) is 47.3 Å². The molecule has 3 N–H and O–H groups in total. The van der Waals surface area contributed by atoms with Gasteiger partial charge in [0.2, 0.25) is 0 Å². The Labute approximate surface area is 194 Å². The molecule has 1 aliphatic rings. The number of methoxy groups -OCH3 is 1. The second kappa shape index (κ2) is 10.6. The molecule has 5 atom stereocenters. The van der Waals surface area contributed by atoms with Crippen LogP contribution in [0.3, 0.4) is 0 Å². The topological polar surface area (TPSA) is 136 Å². The van der Waals surface area contributed by atoms with Gasteiger partial charge >= 0.3 is 5.97 Å². The minimum Gasteiger partial charge on any atom is -0.468 e. The summed E-state index contributed by atoms with van der Waals surface area (Å²) in [5, 5.41) is 41.1. The molecule has 0 spiro atoms. The second-order valence-electron chi connectivity index (χ2n) is 7.59. The van der Waals surface area contributed by atoms with Crippen molar-refractivity contribution in [3.05, 3.63) is 54.4 Å². The highest BCUT2D eigenvalue weighted by molar-refractivity contribution is 7.99. The van der Waals surface area contributed by atoms with Gasteiger partial charge in [0.05, 0.1) is 26.5 Å². The van der Waals surface area contributed by atoms with Crippen LogP contribution in [-0.4, -0.2) is 79.9 Å². The maximum atomic E-state index is 11.4. The molecule has 3 aromatic rings. The number of carbonyl (C=O) groups is 1. The maximum Gasteiger partial charge on any atom is 0.327 e. The largest absolute Gasteiger partial charge is 0.468 e. The van der Waals surface area contributed by atoms with Gasteiger partial charge in [0.1, 0.15) is 42.1 Å². The molecule has 11 heteroatoms. The van der Waals surface area contributed by atoms with Crippen molar-refractivity contribution < 1.29 is 34.3 Å². The number of carbonyl (C=O) groups excluding carboxylic acids is 1. The number of hydrogen-bond donors (Lipinski definition) is 3. The lowest BCUT2D eigenvalue weighted by atomic mass is 10.00. The monoisotopic (exact) mass is 475 g/mol. The Balaban J connectivity index is 1.44. The molecule has 1 aliphatic heterocycles. The van der Waals surface area contributed by atoms with E-state index >= 15 is 0 Å².